The Morgan fingerprint density at radius 2 is 0.440 bits per heavy atom. The van der Waals surface area contributed by atoms with Crippen molar-refractivity contribution >= 4 is 35.7 Å². The molecule has 2 aromatic rings. The topological polar surface area (TPSA) is 273 Å². The lowest BCUT2D eigenvalue weighted by molar-refractivity contribution is -0.251. The highest BCUT2D eigenvalue weighted by molar-refractivity contribution is 5.52. The van der Waals surface area contributed by atoms with Crippen LogP contribution in [0.25, 0.3) is 0 Å². The van der Waals surface area contributed by atoms with E-state index in [-0.39, 0.29) is 48.1 Å². The fourth-order valence-corrected chi connectivity index (χ4v) is 17.3. The average Bonchev–Trinajstić information content (AvgIpc) is 3.51. The Labute approximate surface area is 502 Å². The first-order valence-electron chi connectivity index (χ1n) is 31.0. The molecular weight excluding hydrogens is 1070 g/mol. The summed E-state index contributed by atoms with van der Waals surface area (Å²) in [5.41, 5.74) is -0.590. The van der Waals surface area contributed by atoms with Gasteiger partial charge in [-0.1, -0.05) is 0 Å². The first kappa shape index (κ1) is 66.3. The molecule has 84 heavy (non-hydrogen) atoms. The normalized spacial score (nSPS) is 28.6. The SMILES string of the molecule is CC1(C)CC(Nc2nc(NNc3nc(NC4CC(C)(C)N(O)C(C)(C)C4)nc(N(C4CC(C)(C)N(O)C(C)(C)C4)C4CC(C)(C)N(O)C(C)(C)C4)n3)nc(N(C3CC(C)(C)N(O)C(C)(C)C3)C3CC(C)(C)N(O)C(C)(C)C3)n2)CC(C)(C)N1O. The third-order valence-electron chi connectivity index (χ3n) is 20.0. The quantitative estimate of drug-likeness (QED) is 0.0835. The van der Waals surface area contributed by atoms with Gasteiger partial charge in [-0.3, -0.25) is 10.9 Å². The van der Waals surface area contributed by atoms with Crippen molar-refractivity contribution in [2.45, 2.75) is 346 Å². The predicted molar refractivity (Wildman–Crippen MR) is 328 cm³/mol. The third kappa shape index (κ3) is 13.1. The van der Waals surface area contributed by atoms with Crippen molar-refractivity contribution in [3.63, 3.8) is 0 Å². The summed E-state index contributed by atoms with van der Waals surface area (Å²) in [6, 6.07) is -0.938. The zero-order chi connectivity index (χ0) is 63.1. The molecular formula is C60H112N18O6. The highest BCUT2D eigenvalue weighted by atomic mass is 16.5. The van der Waals surface area contributed by atoms with E-state index >= 15 is 0 Å². The fraction of sp³-hybridized carbons (Fsp3) is 0.900. The van der Waals surface area contributed by atoms with E-state index in [9.17, 15) is 31.2 Å². The summed E-state index contributed by atoms with van der Waals surface area (Å²) in [6.45, 7) is 49.3. The van der Waals surface area contributed by atoms with E-state index in [1.165, 1.54) is 30.4 Å². The molecule has 6 aliphatic heterocycles. The lowest BCUT2D eigenvalue weighted by Crippen LogP contribution is -2.68. The Kier molecular flexibility index (Phi) is 17.0. The van der Waals surface area contributed by atoms with Crippen molar-refractivity contribution in [1.29, 1.82) is 0 Å². The average molecular weight is 1180 g/mol. The van der Waals surface area contributed by atoms with Crippen LogP contribution in [-0.4, -0.2) is 194 Å². The van der Waals surface area contributed by atoms with Crippen molar-refractivity contribution in [3.8, 4) is 0 Å². The van der Waals surface area contributed by atoms with Crippen LogP contribution in [0.2, 0.25) is 0 Å². The molecule has 10 N–H and O–H groups in total. The first-order valence-corrected chi connectivity index (χ1v) is 31.0. The molecule has 0 amide bonds. The molecule has 6 fully saturated rings. The number of hydrazine groups is 1. The minimum Gasteiger partial charge on any atom is -0.351 e. The van der Waals surface area contributed by atoms with Crippen LogP contribution in [0.5, 0.6) is 0 Å². The Hall–Kier alpha value is -3.66. The van der Waals surface area contributed by atoms with E-state index in [1.54, 1.807) is 0 Å². The number of hydrogen-bond donors (Lipinski definition) is 10. The number of hydroxylamine groups is 12. The van der Waals surface area contributed by atoms with Gasteiger partial charge in [0.05, 0.1) is 0 Å². The second kappa shape index (κ2) is 21.5. The summed E-state index contributed by atoms with van der Waals surface area (Å²) in [5.74, 6) is 1.89. The lowest BCUT2D eigenvalue weighted by Gasteiger charge is -2.58. The van der Waals surface area contributed by atoms with Gasteiger partial charge in [0.25, 0.3) is 0 Å². The molecule has 24 nitrogen and oxygen atoms in total. The monoisotopic (exact) mass is 1180 g/mol. The van der Waals surface area contributed by atoms with Gasteiger partial charge in [-0.2, -0.15) is 60.3 Å². The number of nitrogens with zero attached hydrogens (tertiary/aromatic N) is 14. The van der Waals surface area contributed by atoms with Gasteiger partial charge in [-0.05, 0) is 243 Å². The minimum atomic E-state index is -0.628. The van der Waals surface area contributed by atoms with Crippen LogP contribution in [0.1, 0.15) is 243 Å². The van der Waals surface area contributed by atoms with E-state index in [4.69, 9.17) is 29.9 Å². The highest BCUT2D eigenvalue weighted by Crippen LogP contribution is 2.49. The number of aromatic nitrogens is 6. The van der Waals surface area contributed by atoms with Crippen molar-refractivity contribution < 1.29 is 31.2 Å². The fourth-order valence-electron chi connectivity index (χ4n) is 17.3. The van der Waals surface area contributed by atoms with Crippen LogP contribution >= 0.6 is 0 Å². The van der Waals surface area contributed by atoms with Crippen LogP contribution in [0.15, 0.2) is 0 Å². The Bertz CT molecular complexity index is 2320. The van der Waals surface area contributed by atoms with E-state index in [1.807, 2.05) is 55.4 Å². The minimum absolute atomic E-state index is 0.146. The second-order valence-electron chi connectivity index (χ2n) is 34.0. The van der Waals surface area contributed by atoms with E-state index in [2.05, 4.69) is 142 Å². The van der Waals surface area contributed by atoms with Gasteiger partial charge in [0.1, 0.15) is 0 Å². The van der Waals surface area contributed by atoms with E-state index < -0.39 is 66.5 Å². The van der Waals surface area contributed by atoms with Gasteiger partial charge in [0.15, 0.2) is 0 Å². The van der Waals surface area contributed by atoms with Gasteiger partial charge in [0, 0.05) is 103 Å². The molecule has 0 atom stereocenters. The highest BCUT2D eigenvalue weighted by Gasteiger charge is 2.56. The molecule has 0 aliphatic carbocycles. The molecule has 24 heteroatoms. The van der Waals surface area contributed by atoms with Crippen LogP contribution in [0, 0.1) is 0 Å². The van der Waals surface area contributed by atoms with Gasteiger partial charge >= 0.3 is 0 Å². The van der Waals surface area contributed by atoms with Crippen LogP contribution in [0.3, 0.4) is 0 Å². The Balaban J connectivity index is 1.29. The Morgan fingerprint density at radius 1 is 0.274 bits per heavy atom. The molecule has 0 spiro atoms. The summed E-state index contributed by atoms with van der Waals surface area (Å²) in [6.07, 6.45) is 7.06. The number of anilines is 6. The number of piperidine rings is 6. The number of hydrogen-bond acceptors (Lipinski definition) is 24. The molecule has 0 unspecified atom stereocenters. The maximum Gasteiger partial charge on any atom is 0.248 e. The molecule has 8 heterocycles. The van der Waals surface area contributed by atoms with Crippen LogP contribution in [-0.2, 0) is 0 Å². The molecule has 6 aliphatic rings. The molecule has 0 saturated carbocycles. The summed E-state index contributed by atoms with van der Waals surface area (Å²) in [7, 11) is 0. The van der Waals surface area contributed by atoms with Gasteiger partial charge in [-0.15, -0.1) is 0 Å². The van der Waals surface area contributed by atoms with Crippen molar-refractivity contribution in [2.24, 2.45) is 0 Å². The van der Waals surface area contributed by atoms with Gasteiger partial charge in [0.2, 0.25) is 35.7 Å². The van der Waals surface area contributed by atoms with Gasteiger partial charge < -0.3 is 51.7 Å². The zero-order valence-corrected chi connectivity index (χ0v) is 55.9. The van der Waals surface area contributed by atoms with E-state index in [0.29, 0.717) is 101 Å². The van der Waals surface area contributed by atoms with Crippen molar-refractivity contribution in [2.75, 3.05) is 31.3 Å². The largest absolute Gasteiger partial charge is 0.351 e. The molecule has 2 aromatic heterocycles. The summed E-state index contributed by atoms with van der Waals surface area (Å²) >= 11 is 0. The molecule has 0 radical (unpaired) electrons. The summed E-state index contributed by atoms with van der Waals surface area (Å²) in [4.78, 5) is 36.3. The molecule has 6 saturated heterocycles. The van der Waals surface area contributed by atoms with E-state index in [0.717, 1.165) is 0 Å². The van der Waals surface area contributed by atoms with Crippen molar-refractivity contribution in [1.82, 2.24) is 60.3 Å². The predicted octanol–water partition coefficient (Wildman–Crippen LogP) is 10.4. The molecule has 478 valence electrons. The number of rotatable bonds is 13. The smallest absolute Gasteiger partial charge is 0.248 e. The zero-order valence-electron chi connectivity index (χ0n) is 55.9. The molecule has 0 aromatic carbocycles. The lowest BCUT2D eigenvalue weighted by atomic mass is 9.74. The van der Waals surface area contributed by atoms with Crippen molar-refractivity contribution in [3.05, 3.63) is 0 Å². The third-order valence-corrected chi connectivity index (χ3v) is 20.0. The molecule has 8 rings (SSSR count). The van der Waals surface area contributed by atoms with Crippen LogP contribution in [0.4, 0.5) is 35.7 Å². The second-order valence-corrected chi connectivity index (χ2v) is 34.0. The maximum absolute atomic E-state index is 11.7. The molecule has 0 bridgehead atoms. The summed E-state index contributed by atoms with van der Waals surface area (Å²) < 4.78 is 0. The Morgan fingerprint density at radius 3 is 0.631 bits per heavy atom. The van der Waals surface area contributed by atoms with Crippen LogP contribution < -0.4 is 31.3 Å². The first-order chi connectivity index (χ1) is 37.9. The number of nitrogens with one attached hydrogen (secondary N) is 4. The standard InChI is InChI=1S/C60H112N18O6/c1-49(2)25-37(26-50(3,4)73(49)79)61-43-63-45(67-47(65-43)71(39-29-53(9,10)75(81)54(11,12)30-39)40-31-55(13,14)76(82)56(15,16)32-40)69-70-46-64-44(62-38-27-51(5,6)74(80)52(7,8)28-38)66-48(68-46)72(41-33-57(17,18)77(83)58(19,20)34-41)42-35-59(21,22)78(84)60(23,24)36-42/h37-42,79-84H,25-36H2,1-24H3,(H2,61,63,65,67,69)(H2,62,64,66,68,70). The summed E-state index contributed by atoms with van der Waals surface area (Å²) in [5, 5.41) is 86.0. The maximum atomic E-state index is 11.7. The van der Waals surface area contributed by atoms with Gasteiger partial charge in [-0.25, -0.2) is 0 Å².